The van der Waals surface area contributed by atoms with Crippen LogP contribution in [0, 0.1) is 0 Å². The largest absolute Gasteiger partial charge is 0.756 e. The van der Waals surface area contributed by atoms with Crippen LogP contribution in [0.2, 0.25) is 0 Å². The quantitative estimate of drug-likeness (QED) is 0.0241. The number of carbonyl (C=O) groups is 2. The van der Waals surface area contributed by atoms with Gasteiger partial charge in [-0.25, -0.2) is 0 Å². The van der Waals surface area contributed by atoms with E-state index in [1.165, 1.54) is 38.5 Å². The third-order valence-corrected chi connectivity index (χ3v) is 8.19. The number of nitrogens with zero attached hydrogens (tertiary/aromatic N) is 1. The van der Waals surface area contributed by atoms with Crippen molar-refractivity contribution in [3.05, 3.63) is 24.3 Å². The fourth-order valence-corrected chi connectivity index (χ4v) is 5.10. The van der Waals surface area contributed by atoms with Crippen LogP contribution in [0.3, 0.4) is 0 Å². The van der Waals surface area contributed by atoms with Crippen molar-refractivity contribution in [1.29, 1.82) is 0 Å². The first-order chi connectivity index (χ1) is 21.5. The molecule has 0 aliphatic rings. The molecule has 0 spiro atoms. The highest BCUT2D eigenvalue weighted by molar-refractivity contribution is 7.45. The number of carbonyl (C=O) groups excluding carboxylic acids is 2. The van der Waals surface area contributed by atoms with Gasteiger partial charge in [0.15, 0.2) is 6.10 Å². The summed E-state index contributed by atoms with van der Waals surface area (Å²) in [6, 6.07) is 0. The summed E-state index contributed by atoms with van der Waals surface area (Å²) in [4.78, 5) is 37.1. The number of hydrogen-bond donors (Lipinski definition) is 0. The van der Waals surface area contributed by atoms with E-state index in [0.717, 1.165) is 64.2 Å². The van der Waals surface area contributed by atoms with Crippen molar-refractivity contribution in [3.63, 3.8) is 0 Å². The maximum absolute atomic E-state index is 12.5. The van der Waals surface area contributed by atoms with Crippen LogP contribution in [0.4, 0.5) is 0 Å². The van der Waals surface area contributed by atoms with Gasteiger partial charge >= 0.3 is 11.9 Å². The molecule has 0 radical (unpaired) electrons. The molecule has 10 heteroatoms. The molecule has 0 aromatic carbocycles. The van der Waals surface area contributed by atoms with Crippen molar-refractivity contribution in [1.82, 2.24) is 0 Å². The van der Waals surface area contributed by atoms with E-state index < -0.39 is 32.5 Å². The van der Waals surface area contributed by atoms with Crippen LogP contribution < -0.4 is 4.89 Å². The zero-order valence-corrected chi connectivity index (χ0v) is 30.2. The minimum absolute atomic E-state index is 0.0328. The lowest BCUT2D eigenvalue weighted by Crippen LogP contribution is -2.37. The van der Waals surface area contributed by atoms with Gasteiger partial charge in [-0.15, -0.1) is 0 Å². The molecule has 0 saturated heterocycles. The topological polar surface area (TPSA) is 111 Å². The summed E-state index contributed by atoms with van der Waals surface area (Å²) in [5.74, 6) is -0.860. The van der Waals surface area contributed by atoms with E-state index >= 15 is 0 Å². The van der Waals surface area contributed by atoms with Gasteiger partial charge in [0.1, 0.15) is 19.8 Å². The van der Waals surface area contributed by atoms with Gasteiger partial charge in [-0.1, -0.05) is 109 Å². The van der Waals surface area contributed by atoms with Gasteiger partial charge in [0.05, 0.1) is 27.7 Å². The molecule has 2 atom stereocenters. The molecule has 9 nitrogen and oxygen atoms in total. The minimum atomic E-state index is -4.61. The van der Waals surface area contributed by atoms with Crippen LogP contribution in [-0.2, 0) is 32.7 Å². The Labute approximate surface area is 275 Å². The molecule has 45 heavy (non-hydrogen) atoms. The molecule has 0 fully saturated rings. The molecule has 0 N–H and O–H groups in total. The monoisotopic (exact) mass is 659 g/mol. The van der Waals surface area contributed by atoms with Crippen molar-refractivity contribution >= 4 is 19.8 Å². The van der Waals surface area contributed by atoms with Crippen molar-refractivity contribution in [2.45, 2.75) is 142 Å². The summed E-state index contributed by atoms with van der Waals surface area (Å²) in [6.45, 7) is 4.09. The molecule has 0 aromatic heterocycles. The lowest BCUT2D eigenvalue weighted by Gasteiger charge is -2.28. The van der Waals surface area contributed by atoms with Gasteiger partial charge in [0.2, 0.25) is 0 Å². The van der Waals surface area contributed by atoms with Gasteiger partial charge in [0, 0.05) is 12.8 Å². The number of likely N-dealkylation sites (N-methyl/N-ethyl adjacent to an activating group) is 1. The van der Waals surface area contributed by atoms with E-state index in [1.807, 2.05) is 21.1 Å². The number of hydrogen-bond acceptors (Lipinski definition) is 8. The highest BCUT2D eigenvalue weighted by atomic mass is 31.2. The maximum Gasteiger partial charge on any atom is 0.306 e. The molecule has 0 aliphatic heterocycles. The third-order valence-electron chi connectivity index (χ3n) is 7.22. The summed E-state index contributed by atoms with van der Waals surface area (Å²) in [7, 11) is 1.15. The van der Waals surface area contributed by atoms with Crippen LogP contribution >= 0.6 is 7.82 Å². The average Bonchev–Trinajstić information content (AvgIpc) is 2.97. The second kappa shape index (κ2) is 28.7. The fraction of sp³-hybridized carbons (Fsp3) is 0.829. The molecule has 0 rings (SSSR count). The smallest absolute Gasteiger partial charge is 0.306 e. The normalized spacial score (nSPS) is 14.2. The van der Waals surface area contributed by atoms with E-state index in [0.29, 0.717) is 17.4 Å². The van der Waals surface area contributed by atoms with E-state index in [9.17, 15) is 19.0 Å². The van der Waals surface area contributed by atoms with Gasteiger partial charge in [-0.3, -0.25) is 14.2 Å². The van der Waals surface area contributed by atoms with E-state index in [-0.39, 0.29) is 26.1 Å². The number of allylic oxidation sites excluding steroid dienone is 4. The van der Waals surface area contributed by atoms with Crippen molar-refractivity contribution in [2.75, 3.05) is 47.5 Å². The van der Waals surface area contributed by atoms with Gasteiger partial charge < -0.3 is 27.9 Å². The number of esters is 2. The first-order valence-corrected chi connectivity index (χ1v) is 19.0. The lowest BCUT2D eigenvalue weighted by molar-refractivity contribution is -0.870. The zero-order chi connectivity index (χ0) is 33.7. The molecule has 0 bridgehead atoms. The zero-order valence-electron chi connectivity index (χ0n) is 29.3. The van der Waals surface area contributed by atoms with E-state index in [1.54, 1.807) is 0 Å². The van der Waals surface area contributed by atoms with Gasteiger partial charge in [0.25, 0.3) is 7.82 Å². The van der Waals surface area contributed by atoms with Gasteiger partial charge in [-0.05, 0) is 38.5 Å². The SMILES string of the molecule is CCCC/C=C\C/C=C\CCCCCCCC(=O)OC(COC(=O)CCCCCCCCC)COP(=O)([O-])OCC[N+](C)(C)C. The second-order valence-electron chi connectivity index (χ2n) is 12.9. The Bertz CT molecular complexity index is 840. The summed E-state index contributed by atoms with van der Waals surface area (Å²) >= 11 is 0. The van der Waals surface area contributed by atoms with E-state index in [4.69, 9.17) is 18.5 Å². The highest BCUT2D eigenvalue weighted by Gasteiger charge is 2.21. The van der Waals surface area contributed by atoms with Crippen LogP contribution in [0.15, 0.2) is 24.3 Å². The average molecular weight is 660 g/mol. The van der Waals surface area contributed by atoms with Crippen LogP contribution in [0.25, 0.3) is 0 Å². The molecule has 0 saturated carbocycles. The predicted molar refractivity (Wildman–Crippen MR) is 181 cm³/mol. The van der Waals surface area contributed by atoms with Crippen molar-refractivity contribution in [3.8, 4) is 0 Å². The predicted octanol–water partition coefficient (Wildman–Crippen LogP) is 8.21. The Morgan fingerprint density at radius 1 is 0.689 bits per heavy atom. The Morgan fingerprint density at radius 2 is 1.22 bits per heavy atom. The summed E-state index contributed by atoms with van der Waals surface area (Å²) < 4.78 is 33.5. The number of quaternary nitrogens is 1. The highest BCUT2D eigenvalue weighted by Crippen LogP contribution is 2.38. The second-order valence-corrected chi connectivity index (χ2v) is 14.3. The van der Waals surface area contributed by atoms with Gasteiger partial charge in [-0.2, -0.15) is 0 Å². The number of phosphoric acid groups is 1. The molecule has 0 aliphatic carbocycles. The summed E-state index contributed by atoms with van der Waals surface area (Å²) in [5.41, 5.74) is 0. The molecular formula is C35H66NO8P. The number of phosphoric ester groups is 1. The maximum atomic E-state index is 12.5. The lowest BCUT2D eigenvalue weighted by atomic mass is 10.1. The Balaban J connectivity index is 4.48. The van der Waals surface area contributed by atoms with Crippen LogP contribution in [-0.4, -0.2) is 70.0 Å². The van der Waals surface area contributed by atoms with Crippen LogP contribution in [0.5, 0.6) is 0 Å². The minimum Gasteiger partial charge on any atom is -0.756 e. The molecule has 2 unspecified atom stereocenters. The van der Waals surface area contributed by atoms with Crippen molar-refractivity contribution < 1.29 is 42.1 Å². The Morgan fingerprint density at radius 3 is 1.82 bits per heavy atom. The number of unbranched alkanes of at least 4 members (excludes halogenated alkanes) is 13. The summed E-state index contributed by atoms with van der Waals surface area (Å²) in [5, 5.41) is 0. The number of rotatable bonds is 31. The standard InChI is InChI=1S/C35H66NO8P/c1-6-8-10-12-14-15-16-17-18-19-20-22-24-26-28-35(38)44-33(32-43-45(39,40)42-30-29-36(3,4)5)31-41-34(37)27-25-23-21-13-11-9-7-2/h12,14,16-17,33H,6-11,13,15,18-32H2,1-5H3/b14-12-,17-16-. The molecule has 264 valence electrons. The molecule has 0 amide bonds. The third kappa shape index (κ3) is 32.2. The molecular weight excluding hydrogens is 593 g/mol. The number of ether oxygens (including phenoxy) is 2. The molecule has 0 heterocycles. The Kier molecular flexibility index (Phi) is 27.7. The first kappa shape index (κ1) is 43.5. The first-order valence-electron chi connectivity index (χ1n) is 17.5. The summed E-state index contributed by atoms with van der Waals surface area (Å²) in [6.07, 6.45) is 26.5. The molecule has 0 aromatic rings. The Hall–Kier alpha value is -1.51. The fourth-order valence-electron chi connectivity index (χ4n) is 4.37. The van der Waals surface area contributed by atoms with Crippen LogP contribution in [0.1, 0.15) is 136 Å². The van der Waals surface area contributed by atoms with E-state index in [2.05, 4.69) is 38.2 Å². The van der Waals surface area contributed by atoms with Crippen molar-refractivity contribution in [2.24, 2.45) is 0 Å².